The van der Waals surface area contributed by atoms with Gasteiger partial charge in [0, 0.05) is 12.6 Å². The van der Waals surface area contributed by atoms with Gasteiger partial charge in [-0.25, -0.2) is 0 Å². The maximum atomic E-state index is 5.80. The maximum Gasteiger partial charge on any atom is 0.119 e. The van der Waals surface area contributed by atoms with E-state index in [2.05, 4.69) is 6.92 Å². The Bertz CT molecular complexity index is 300. The molecule has 0 heterocycles. The van der Waals surface area contributed by atoms with Crippen molar-refractivity contribution in [2.75, 3.05) is 19.8 Å². The second-order valence-corrected chi connectivity index (χ2v) is 3.82. The molecule has 0 bridgehead atoms. The molecule has 0 saturated carbocycles. The van der Waals surface area contributed by atoms with Gasteiger partial charge < -0.3 is 15.2 Å². The fourth-order valence-corrected chi connectivity index (χ4v) is 1.35. The van der Waals surface area contributed by atoms with E-state index in [-0.39, 0.29) is 6.04 Å². The molecule has 0 fully saturated rings. The summed E-state index contributed by atoms with van der Waals surface area (Å²) in [5.74, 6) is 0.856. The van der Waals surface area contributed by atoms with E-state index >= 15 is 0 Å². The zero-order chi connectivity index (χ0) is 11.8. The van der Waals surface area contributed by atoms with E-state index in [1.54, 1.807) is 0 Å². The molecule has 0 amide bonds. The van der Waals surface area contributed by atoms with Crippen LogP contribution in [-0.4, -0.2) is 19.8 Å². The van der Waals surface area contributed by atoms with Crippen molar-refractivity contribution < 1.29 is 9.47 Å². The summed E-state index contributed by atoms with van der Waals surface area (Å²) in [4.78, 5) is 0. The molecule has 1 aromatic rings. The molecular weight excluding hydrogens is 202 g/mol. The minimum Gasteiger partial charge on any atom is -0.491 e. The molecule has 0 spiro atoms. The number of hydrogen-bond donors (Lipinski definition) is 1. The van der Waals surface area contributed by atoms with E-state index in [1.807, 2.05) is 31.2 Å². The highest BCUT2D eigenvalue weighted by Crippen LogP contribution is 2.17. The average Bonchev–Trinajstić information content (AvgIpc) is 2.29. The summed E-state index contributed by atoms with van der Waals surface area (Å²) in [6.45, 7) is 6.07. The molecule has 3 nitrogen and oxygen atoms in total. The summed E-state index contributed by atoms with van der Waals surface area (Å²) in [7, 11) is 0. The lowest BCUT2D eigenvalue weighted by Gasteiger charge is -2.10. The van der Waals surface area contributed by atoms with Crippen molar-refractivity contribution in [3.05, 3.63) is 29.8 Å². The minimum absolute atomic E-state index is 0.0416. The molecule has 90 valence electrons. The van der Waals surface area contributed by atoms with Gasteiger partial charge in [-0.05, 0) is 31.0 Å². The Morgan fingerprint density at radius 2 is 2.06 bits per heavy atom. The Hall–Kier alpha value is -1.06. The van der Waals surface area contributed by atoms with Crippen LogP contribution in [0.2, 0.25) is 0 Å². The molecule has 1 aromatic carbocycles. The Balaban J connectivity index is 2.33. The summed E-state index contributed by atoms with van der Waals surface area (Å²) < 4.78 is 10.9. The molecule has 2 N–H and O–H groups in total. The Labute approximate surface area is 97.6 Å². The first-order valence-corrected chi connectivity index (χ1v) is 5.80. The van der Waals surface area contributed by atoms with Gasteiger partial charge in [-0.2, -0.15) is 0 Å². The van der Waals surface area contributed by atoms with Crippen molar-refractivity contribution in [3.63, 3.8) is 0 Å². The molecule has 0 saturated heterocycles. The standard InChI is InChI=1S/C13H21NO2/c1-3-7-15-8-9-16-13-6-4-5-12(10-13)11(2)14/h4-6,10-11H,3,7-9,14H2,1-2H3. The van der Waals surface area contributed by atoms with E-state index in [9.17, 15) is 0 Å². The van der Waals surface area contributed by atoms with Crippen LogP contribution in [0, 0.1) is 0 Å². The first kappa shape index (κ1) is 13.0. The molecule has 1 rings (SSSR count). The Morgan fingerprint density at radius 1 is 1.25 bits per heavy atom. The molecular formula is C13H21NO2. The van der Waals surface area contributed by atoms with Crippen LogP contribution in [0.25, 0.3) is 0 Å². The lowest BCUT2D eigenvalue weighted by Crippen LogP contribution is -2.08. The molecule has 0 aliphatic rings. The van der Waals surface area contributed by atoms with Crippen LogP contribution >= 0.6 is 0 Å². The third-order valence-electron chi connectivity index (χ3n) is 2.23. The second kappa shape index (κ2) is 7.25. The van der Waals surface area contributed by atoms with E-state index in [0.29, 0.717) is 13.2 Å². The molecule has 1 unspecified atom stereocenters. The quantitative estimate of drug-likeness (QED) is 0.722. The van der Waals surface area contributed by atoms with Gasteiger partial charge in [-0.1, -0.05) is 19.1 Å². The summed E-state index contributed by atoms with van der Waals surface area (Å²) in [6.07, 6.45) is 1.04. The number of ether oxygens (including phenoxy) is 2. The Kier molecular flexibility index (Phi) is 5.90. The van der Waals surface area contributed by atoms with Crippen LogP contribution in [0.4, 0.5) is 0 Å². The maximum absolute atomic E-state index is 5.80. The fraction of sp³-hybridized carbons (Fsp3) is 0.538. The van der Waals surface area contributed by atoms with E-state index in [0.717, 1.165) is 24.3 Å². The highest BCUT2D eigenvalue weighted by molar-refractivity contribution is 5.30. The van der Waals surface area contributed by atoms with Gasteiger partial charge in [0.25, 0.3) is 0 Å². The molecule has 0 aliphatic carbocycles. The van der Waals surface area contributed by atoms with Crippen LogP contribution in [-0.2, 0) is 4.74 Å². The van der Waals surface area contributed by atoms with Crippen molar-refractivity contribution in [2.45, 2.75) is 26.3 Å². The number of nitrogens with two attached hydrogens (primary N) is 1. The highest BCUT2D eigenvalue weighted by atomic mass is 16.5. The highest BCUT2D eigenvalue weighted by Gasteiger charge is 2.00. The lowest BCUT2D eigenvalue weighted by molar-refractivity contribution is 0.101. The topological polar surface area (TPSA) is 44.5 Å². The van der Waals surface area contributed by atoms with Gasteiger partial charge in [0.05, 0.1) is 6.61 Å². The largest absolute Gasteiger partial charge is 0.491 e. The predicted octanol–water partition coefficient (Wildman–Crippen LogP) is 2.51. The SMILES string of the molecule is CCCOCCOc1cccc(C(C)N)c1. The smallest absolute Gasteiger partial charge is 0.119 e. The fourth-order valence-electron chi connectivity index (χ4n) is 1.35. The zero-order valence-electron chi connectivity index (χ0n) is 10.1. The molecule has 0 aliphatic heterocycles. The van der Waals surface area contributed by atoms with Crippen molar-refractivity contribution in [1.29, 1.82) is 0 Å². The van der Waals surface area contributed by atoms with E-state index in [4.69, 9.17) is 15.2 Å². The molecule has 16 heavy (non-hydrogen) atoms. The number of benzene rings is 1. The normalized spacial score (nSPS) is 12.4. The summed E-state index contributed by atoms with van der Waals surface area (Å²) in [5.41, 5.74) is 6.89. The van der Waals surface area contributed by atoms with Gasteiger partial charge in [-0.3, -0.25) is 0 Å². The predicted molar refractivity (Wildman–Crippen MR) is 65.6 cm³/mol. The summed E-state index contributed by atoms with van der Waals surface area (Å²) >= 11 is 0. The lowest BCUT2D eigenvalue weighted by atomic mass is 10.1. The molecule has 0 radical (unpaired) electrons. The molecule has 1 atom stereocenters. The van der Waals surface area contributed by atoms with Crippen LogP contribution < -0.4 is 10.5 Å². The monoisotopic (exact) mass is 223 g/mol. The number of rotatable bonds is 7. The van der Waals surface area contributed by atoms with Gasteiger partial charge in [-0.15, -0.1) is 0 Å². The first-order chi connectivity index (χ1) is 7.74. The van der Waals surface area contributed by atoms with Gasteiger partial charge in [0.15, 0.2) is 0 Å². The molecule has 3 heteroatoms. The third-order valence-corrected chi connectivity index (χ3v) is 2.23. The van der Waals surface area contributed by atoms with Crippen LogP contribution in [0.5, 0.6) is 5.75 Å². The van der Waals surface area contributed by atoms with Crippen LogP contribution in [0.1, 0.15) is 31.9 Å². The first-order valence-electron chi connectivity index (χ1n) is 5.80. The van der Waals surface area contributed by atoms with Crippen molar-refractivity contribution >= 4 is 0 Å². The van der Waals surface area contributed by atoms with Crippen molar-refractivity contribution in [1.82, 2.24) is 0 Å². The minimum atomic E-state index is 0.0416. The second-order valence-electron chi connectivity index (χ2n) is 3.82. The zero-order valence-corrected chi connectivity index (χ0v) is 10.1. The Morgan fingerprint density at radius 3 is 2.75 bits per heavy atom. The van der Waals surface area contributed by atoms with Gasteiger partial charge in [0.2, 0.25) is 0 Å². The van der Waals surface area contributed by atoms with E-state index in [1.165, 1.54) is 0 Å². The average molecular weight is 223 g/mol. The van der Waals surface area contributed by atoms with Crippen LogP contribution in [0.3, 0.4) is 0 Å². The third kappa shape index (κ3) is 4.64. The van der Waals surface area contributed by atoms with Gasteiger partial charge in [0.1, 0.15) is 12.4 Å². The summed E-state index contributed by atoms with van der Waals surface area (Å²) in [5, 5.41) is 0. The van der Waals surface area contributed by atoms with Crippen molar-refractivity contribution in [3.8, 4) is 5.75 Å². The van der Waals surface area contributed by atoms with Crippen LogP contribution in [0.15, 0.2) is 24.3 Å². The van der Waals surface area contributed by atoms with Crippen molar-refractivity contribution in [2.24, 2.45) is 5.73 Å². The molecule has 0 aromatic heterocycles. The summed E-state index contributed by atoms with van der Waals surface area (Å²) in [6, 6.07) is 7.92. The van der Waals surface area contributed by atoms with Gasteiger partial charge >= 0.3 is 0 Å². The van der Waals surface area contributed by atoms with E-state index < -0.39 is 0 Å². The number of hydrogen-bond acceptors (Lipinski definition) is 3.